The van der Waals surface area contributed by atoms with Gasteiger partial charge in [-0.25, -0.2) is 4.98 Å². The van der Waals surface area contributed by atoms with Gasteiger partial charge in [-0.15, -0.1) is 11.3 Å². The molecule has 2 aromatic heterocycles. The number of fused-ring (bicyclic) bond motifs is 2. The molecule has 1 aliphatic rings. The average molecular weight is 388 g/mol. The summed E-state index contributed by atoms with van der Waals surface area (Å²) in [5.74, 6) is -0.364. The lowest BCUT2D eigenvalue weighted by molar-refractivity contribution is -0.135. The number of thiophene rings is 1. The summed E-state index contributed by atoms with van der Waals surface area (Å²) < 4.78 is 0. The van der Waals surface area contributed by atoms with Crippen molar-refractivity contribution in [2.75, 3.05) is 18.5 Å². The van der Waals surface area contributed by atoms with Gasteiger partial charge in [0.05, 0.1) is 5.39 Å². The maximum Gasteiger partial charge on any atom is 0.323 e. The summed E-state index contributed by atoms with van der Waals surface area (Å²) in [4.78, 5) is 22.2. The zero-order valence-electron chi connectivity index (χ0n) is 14.3. The zero-order valence-corrected chi connectivity index (χ0v) is 15.9. The monoisotopic (exact) mass is 387 g/mol. The zero-order chi connectivity index (χ0) is 18.3. The van der Waals surface area contributed by atoms with Gasteiger partial charge in [-0.1, -0.05) is 18.2 Å². The van der Waals surface area contributed by atoms with Crippen molar-refractivity contribution in [3.05, 3.63) is 40.0 Å². The Kier molecular flexibility index (Phi) is 4.54. The van der Waals surface area contributed by atoms with Gasteiger partial charge >= 0.3 is 5.97 Å². The number of aromatic nitrogens is 2. The number of nitrogens with zero attached hydrogens (tertiary/aromatic N) is 3. The SMILES string of the molecule is CN(CC(=O)O)c1nc(Cl)nc2scc(-c3ccc4c(c3)CCCC4)c12. The fraction of sp³-hybridized carbons (Fsp3) is 0.316. The minimum absolute atomic E-state index is 0.128. The molecule has 0 atom stereocenters. The molecule has 134 valence electrons. The van der Waals surface area contributed by atoms with E-state index in [4.69, 9.17) is 16.7 Å². The van der Waals surface area contributed by atoms with E-state index in [9.17, 15) is 4.79 Å². The molecule has 5 nitrogen and oxygen atoms in total. The highest BCUT2D eigenvalue weighted by molar-refractivity contribution is 7.17. The summed E-state index contributed by atoms with van der Waals surface area (Å²) in [7, 11) is 1.71. The predicted molar refractivity (Wildman–Crippen MR) is 105 cm³/mol. The first-order chi connectivity index (χ1) is 12.5. The Hall–Kier alpha value is -2.18. The molecule has 0 aliphatic heterocycles. The maximum atomic E-state index is 11.1. The van der Waals surface area contributed by atoms with Crippen molar-refractivity contribution < 1.29 is 9.90 Å². The van der Waals surface area contributed by atoms with Crippen LogP contribution in [0.15, 0.2) is 23.6 Å². The van der Waals surface area contributed by atoms with Crippen LogP contribution in [-0.4, -0.2) is 34.6 Å². The van der Waals surface area contributed by atoms with Gasteiger partial charge in [-0.05, 0) is 54.0 Å². The molecular formula is C19H18ClN3O2S. The van der Waals surface area contributed by atoms with Crippen molar-refractivity contribution in [2.24, 2.45) is 0 Å². The summed E-state index contributed by atoms with van der Waals surface area (Å²) in [5, 5.41) is 12.2. The number of hydrogen-bond donors (Lipinski definition) is 1. The second-order valence-electron chi connectivity index (χ2n) is 6.59. The fourth-order valence-corrected chi connectivity index (χ4v) is 4.72. The van der Waals surface area contributed by atoms with Crippen molar-refractivity contribution in [3.8, 4) is 11.1 Å². The predicted octanol–water partition coefficient (Wildman–Crippen LogP) is 4.41. The Labute approximate surface area is 160 Å². The molecule has 0 amide bonds. The third-order valence-electron chi connectivity index (χ3n) is 4.78. The van der Waals surface area contributed by atoms with E-state index in [0.29, 0.717) is 5.82 Å². The van der Waals surface area contributed by atoms with Crippen LogP contribution in [0.2, 0.25) is 5.28 Å². The van der Waals surface area contributed by atoms with E-state index < -0.39 is 5.97 Å². The summed E-state index contributed by atoms with van der Waals surface area (Å²) >= 11 is 7.57. The van der Waals surface area contributed by atoms with Crippen LogP contribution in [0.3, 0.4) is 0 Å². The highest BCUT2D eigenvalue weighted by Crippen LogP contribution is 2.39. The highest BCUT2D eigenvalue weighted by Gasteiger charge is 2.20. The number of anilines is 1. The Bertz CT molecular complexity index is 1000. The number of aryl methyl sites for hydroxylation is 2. The number of benzene rings is 1. The molecule has 4 rings (SSSR count). The van der Waals surface area contributed by atoms with Gasteiger partial charge in [-0.2, -0.15) is 4.98 Å². The molecule has 7 heteroatoms. The lowest BCUT2D eigenvalue weighted by Crippen LogP contribution is -2.26. The average Bonchev–Trinajstić information content (AvgIpc) is 3.03. The Morgan fingerprint density at radius 1 is 1.27 bits per heavy atom. The second kappa shape index (κ2) is 6.85. The van der Waals surface area contributed by atoms with Crippen LogP contribution in [-0.2, 0) is 17.6 Å². The van der Waals surface area contributed by atoms with Crippen molar-refractivity contribution >= 4 is 44.9 Å². The number of rotatable bonds is 4. The molecule has 1 aromatic carbocycles. The third-order valence-corrected chi connectivity index (χ3v) is 5.82. The molecule has 26 heavy (non-hydrogen) atoms. The summed E-state index contributed by atoms with van der Waals surface area (Å²) in [6.45, 7) is -0.151. The normalized spacial score (nSPS) is 13.6. The third kappa shape index (κ3) is 3.15. The minimum Gasteiger partial charge on any atom is -0.480 e. The quantitative estimate of drug-likeness (QED) is 0.671. The number of halogens is 1. The van der Waals surface area contributed by atoms with Crippen molar-refractivity contribution in [3.63, 3.8) is 0 Å². The number of aliphatic carboxylic acids is 1. The molecule has 0 unspecified atom stereocenters. The maximum absolute atomic E-state index is 11.1. The van der Waals surface area contributed by atoms with Crippen LogP contribution >= 0.6 is 22.9 Å². The highest BCUT2D eigenvalue weighted by atomic mass is 35.5. The Morgan fingerprint density at radius 2 is 2.04 bits per heavy atom. The van der Waals surface area contributed by atoms with E-state index in [2.05, 4.69) is 33.5 Å². The molecule has 0 spiro atoms. The molecule has 0 saturated heterocycles. The van der Waals surface area contributed by atoms with Crippen LogP contribution < -0.4 is 4.90 Å². The standard InChI is InChI=1S/C19H18ClN3O2S/c1-23(9-15(24)25)17-16-14(10-26-18(16)22-19(20)21-17)13-7-6-11-4-2-3-5-12(11)8-13/h6-8,10H,2-5,9H2,1H3,(H,24,25). The van der Waals surface area contributed by atoms with E-state index in [0.717, 1.165) is 34.2 Å². The van der Waals surface area contributed by atoms with Gasteiger partial charge < -0.3 is 10.0 Å². The van der Waals surface area contributed by atoms with Crippen molar-refractivity contribution in [2.45, 2.75) is 25.7 Å². The largest absolute Gasteiger partial charge is 0.480 e. The van der Waals surface area contributed by atoms with Crippen molar-refractivity contribution in [1.29, 1.82) is 0 Å². The first-order valence-electron chi connectivity index (χ1n) is 8.53. The topological polar surface area (TPSA) is 66.3 Å². The molecule has 1 aliphatic carbocycles. The van der Waals surface area contributed by atoms with Gasteiger partial charge in [0.25, 0.3) is 0 Å². The summed E-state index contributed by atoms with van der Waals surface area (Å²) in [6, 6.07) is 6.61. The first kappa shape index (κ1) is 17.2. The first-order valence-corrected chi connectivity index (χ1v) is 9.78. The van der Waals surface area contributed by atoms with Crippen LogP contribution in [0.5, 0.6) is 0 Å². The number of hydrogen-bond acceptors (Lipinski definition) is 5. The van der Waals surface area contributed by atoms with Gasteiger partial charge in [0.15, 0.2) is 0 Å². The lowest BCUT2D eigenvalue weighted by Gasteiger charge is -2.19. The van der Waals surface area contributed by atoms with E-state index in [1.807, 2.05) is 0 Å². The number of carboxylic acids is 1. The molecule has 0 radical (unpaired) electrons. The number of carbonyl (C=O) groups is 1. The molecule has 2 heterocycles. The minimum atomic E-state index is -0.916. The molecule has 3 aromatic rings. The van der Waals surface area contributed by atoms with Crippen LogP contribution in [0.25, 0.3) is 21.3 Å². The second-order valence-corrected chi connectivity index (χ2v) is 7.78. The lowest BCUT2D eigenvalue weighted by atomic mass is 9.89. The number of likely N-dealkylation sites (N-methyl/N-ethyl adjacent to an activating group) is 1. The van der Waals surface area contributed by atoms with E-state index in [-0.39, 0.29) is 11.8 Å². The summed E-state index contributed by atoms with van der Waals surface area (Å²) in [5.41, 5.74) is 4.99. The molecule has 1 N–H and O–H groups in total. The van der Waals surface area contributed by atoms with Gasteiger partial charge in [0, 0.05) is 18.0 Å². The molecule has 0 bridgehead atoms. The van der Waals surface area contributed by atoms with Gasteiger partial charge in [0.1, 0.15) is 17.2 Å². The fourth-order valence-electron chi connectivity index (χ4n) is 3.57. The Morgan fingerprint density at radius 3 is 2.81 bits per heavy atom. The van der Waals surface area contributed by atoms with Crippen LogP contribution in [0.4, 0.5) is 5.82 Å². The van der Waals surface area contributed by atoms with E-state index >= 15 is 0 Å². The van der Waals surface area contributed by atoms with Crippen LogP contribution in [0, 0.1) is 0 Å². The smallest absolute Gasteiger partial charge is 0.323 e. The van der Waals surface area contributed by atoms with E-state index in [1.165, 1.54) is 35.3 Å². The molecule has 0 fully saturated rings. The van der Waals surface area contributed by atoms with E-state index in [1.54, 1.807) is 11.9 Å². The number of carboxylic acid groups (broad SMARTS) is 1. The van der Waals surface area contributed by atoms with Gasteiger partial charge in [0.2, 0.25) is 5.28 Å². The van der Waals surface area contributed by atoms with Crippen molar-refractivity contribution in [1.82, 2.24) is 9.97 Å². The molecular weight excluding hydrogens is 370 g/mol. The Balaban J connectivity index is 1.87. The molecule has 0 saturated carbocycles. The summed E-state index contributed by atoms with van der Waals surface area (Å²) in [6.07, 6.45) is 4.74. The van der Waals surface area contributed by atoms with Gasteiger partial charge in [-0.3, -0.25) is 4.79 Å². The van der Waals surface area contributed by atoms with Crippen LogP contribution in [0.1, 0.15) is 24.0 Å².